The molecule has 0 saturated carbocycles. The molecule has 27 heavy (non-hydrogen) atoms. The number of hydrogen-bond donors (Lipinski definition) is 1. The van der Waals surface area contributed by atoms with Crippen molar-refractivity contribution in [2.75, 3.05) is 0 Å². The van der Waals surface area contributed by atoms with E-state index in [0.717, 1.165) is 21.3 Å². The van der Waals surface area contributed by atoms with Gasteiger partial charge in [0.1, 0.15) is 11.3 Å². The number of halogens is 1. The van der Waals surface area contributed by atoms with Gasteiger partial charge in [0.15, 0.2) is 0 Å². The third kappa shape index (κ3) is 3.29. The molecule has 0 aliphatic rings. The fraction of sp³-hybridized carbons (Fsp3) is 0. The van der Waals surface area contributed by atoms with Gasteiger partial charge in [-0.15, -0.1) is 0 Å². The van der Waals surface area contributed by atoms with Gasteiger partial charge in [-0.2, -0.15) is 5.10 Å². The van der Waals surface area contributed by atoms with E-state index >= 15 is 0 Å². The fourth-order valence-corrected chi connectivity index (χ4v) is 3.31. The van der Waals surface area contributed by atoms with E-state index in [9.17, 15) is 9.90 Å². The Kier molecular flexibility index (Phi) is 4.60. The largest absolute Gasteiger partial charge is 0.478 e. The van der Waals surface area contributed by atoms with E-state index in [2.05, 4.69) is 15.9 Å². The summed E-state index contributed by atoms with van der Waals surface area (Å²) in [7, 11) is 0. The molecule has 132 valence electrons. The van der Waals surface area contributed by atoms with Crippen LogP contribution in [0.25, 0.3) is 28.2 Å². The van der Waals surface area contributed by atoms with Crippen LogP contribution in [0.2, 0.25) is 0 Å². The summed E-state index contributed by atoms with van der Waals surface area (Å²) in [6, 6.07) is 26.5. The maximum absolute atomic E-state index is 12.2. The quantitative estimate of drug-likeness (QED) is 0.464. The highest BCUT2D eigenvalue weighted by Gasteiger charge is 2.26. The minimum absolute atomic E-state index is 0.187. The van der Waals surface area contributed by atoms with E-state index in [1.807, 2.05) is 84.9 Å². The van der Waals surface area contributed by atoms with E-state index < -0.39 is 5.97 Å². The molecule has 0 aliphatic carbocycles. The highest BCUT2D eigenvalue weighted by molar-refractivity contribution is 9.10. The number of rotatable bonds is 4. The van der Waals surface area contributed by atoms with Crippen molar-refractivity contribution in [3.05, 3.63) is 95.0 Å². The van der Waals surface area contributed by atoms with Crippen molar-refractivity contribution in [3.8, 4) is 28.2 Å². The van der Waals surface area contributed by atoms with E-state index in [-0.39, 0.29) is 5.56 Å². The smallest absolute Gasteiger partial charge is 0.340 e. The standard InChI is InChI=1S/C22H15BrN2O2/c23-17-13-11-15(12-14-17)20-19(22(26)27)21(16-7-3-1-4-8-16)25(24-20)18-9-5-2-6-10-18/h1-14H,(H,26,27). The average molecular weight is 419 g/mol. The van der Waals surface area contributed by atoms with Gasteiger partial charge in [-0.3, -0.25) is 0 Å². The second-order valence-electron chi connectivity index (χ2n) is 6.00. The summed E-state index contributed by atoms with van der Waals surface area (Å²) in [6.45, 7) is 0. The van der Waals surface area contributed by atoms with Crippen LogP contribution in [0.1, 0.15) is 10.4 Å². The molecular formula is C22H15BrN2O2. The maximum Gasteiger partial charge on any atom is 0.340 e. The summed E-state index contributed by atoms with van der Waals surface area (Å²) < 4.78 is 2.63. The zero-order chi connectivity index (χ0) is 18.8. The van der Waals surface area contributed by atoms with Crippen LogP contribution in [0.15, 0.2) is 89.4 Å². The molecular weight excluding hydrogens is 404 g/mol. The molecule has 0 radical (unpaired) electrons. The lowest BCUT2D eigenvalue weighted by molar-refractivity contribution is 0.0698. The van der Waals surface area contributed by atoms with Crippen molar-refractivity contribution in [2.45, 2.75) is 0 Å². The summed E-state index contributed by atoms with van der Waals surface area (Å²) in [6.07, 6.45) is 0. The number of carboxylic acid groups (broad SMARTS) is 1. The molecule has 3 aromatic carbocycles. The topological polar surface area (TPSA) is 55.1 Å². The lowest BCUT2D eigenvalue weighted by atomic mass is 10.0. The first-order valence-electron chi connectivity index (χ1n) is 8.38. The second kappa shape index (κ2) is 7.21. The Morgan fingerprint density at radius 1 is 0.815 bits per heavy atom. The first kappa shape index (κ1) is 17.2. The van der Waals surface area contributed by atoms with Crippen molar-refractivity contribution in [1.82, 2.24) is 9.78 Å². The van der Waals surface area contributed by atoms with E-state index in [4.69, 9.17) is 5.10 Å². The normalized spacial score (nSPS) is 10.7. The van der Waals surface area contributed by atoms with Gasteiger partial charge in [0.05, 0.1) is 11.4 Å². The lowest BCUT2D eigenvalue weighted by Crippen LogP contribution is -2.03. The third-order valence-corrected chi connectivity index (χ3v) is 4.79. The molecule has 0 saturated heterocycles. The van der Waals surface area contributed by atoms with Gasteiger partial charge in [-0.05, 0) is 24.3 Å². The second-order valence-corrected chi connectivity index (χ2v) is 6.91. The van der Waals surface area contributed by atoms with Crippen LogP contribution in [0.3, 0.4) is 0 Å². The maximum atomic E-state index is 12.2. The Balaban J connectivity index is 2.05. The van der Waals surface area contributed by atoms with Crippen molar-refractivity contribution in [1.29, 1.82) is 0 Å². The van der Waals surface area contributed by atoms with Gasteiger partial charge in [-0.25, -0.2) is 9.48 Å². The molecule has 4 nitrogen and oxygen atoms in total. The fourth-order valence-electron chi connectivity index (χ4n) is 3.05. The summed E-state index contributed by atoms with van der Waals surface area (Å²) in [5.41, 5.74) is 3.55. The highest BCUT2D eigenvalue weighted by atomic mass is 79.9. The van der Waals surface area contributed by atoms with Crippen LogP contribution in [-0.4, -0.2) is 20.9 Å². The molecule has 4 aromatic rings. The SMILES string of the molecule is O=C(O)c1c(-c2ccc(Br)cc2)nn(-c2ccccc2)c1-c1ccccc1. The molecule has 1 N–H and O–H groups in total. The molecule has 1 heterocycles. The molecule has 0 aliphatic heterocycles. The Hall–Kier alpha value is -3.18. The van der Waals surface area contributed by atoms with Crippen LogP contribution >= 0.6 is 15.9 Å². The van der Waals surface area contributed by atoms with Crippen LogP contribution in [-0.2, 0) is 0 Å². The number of carbonyl (C=O) groups is 1. The van der Waals surface area contributed by atoms with Gasteiger partial charge >= 0.3 is 5.97 Å². The molecule has 0 atom stereocenters. The highest BCUT2D eigenvalue weighted by Crippen LogP contribution is 2.34. The molecule has 0 bridgehead atoms. The number of aromatic carboxylic acids is 1. The molecule has 0 unspecified atom stereocenters. The van der Waals surface area contributed by atoms with Crippen LogP contribution in [0.5, 0.6) is 0 Å². The number of aromatic nitrogens is 2. The predicted molar refractivity (Wildman–Crippen MR) is 109 cm³/mol. The minimum Gasteiger partial charge on any atom is -0.478 e. The van der Waals surface area contributed by atoms with Crippen LogP contribution < -0.4 is 0 Å². The van der Waals surface area contributed by atoms with Crippen LogP contribution in [0.4, 0.5) is 0 Å². The van der Waals surface area contributed by atoms with Crippen molar-refractivity contribution < 1.29 is 9.90 Å². The van der Waals surface area contributed by atoms with Crippen molar-refractivity contribution in [3.63, 3.8) is 0 Å². The predicted octanol–water partition coefficient (Wildman–Crippen LogP) is 5.67. The Morgan fingerprint density at radius 2 is 1.41 bits per heavy atom. The van der Waals surface area contributed by atoms with E-state index in [1.165, 1.54) is 0 Å². The molecule has 5 heteroatoms. The average Bonchev–Trinajstić information content (AvgIpc) is 3.11. The molecule has 1 aromatic heterocycles. The van der Waals surface area contributed by atoms with Gasteiger partial charge in [-0.1, -0.05) is 76.6 Å². The Labute approximate surface area is 164 Å². The number of benzene rings is 3. The lowest BCUT2D eigenvalue weighted by Gasteiger charge is -2.08. The third-order valence-electron chi connectivity index (χ3n) is 4.26. The number of carboxylic acids is 1. The molecule has 0 spiro atoms. The summed E-state index contributed by atoms with van der Waals surface area (Å²) in [5.74, 6) is -1.01. The first-order chi connectivity index (χ1) is 13.1. The number of hydrogen-bond acceptors (Lipinski definition) is 2. The van der Waals surface area contributed by atoms with Crippen LogP contribution in [0, 0.1) is 0 Å². The molecule has 0 fully saturated rings. The van der Waals surface area contributed by atoms with E-state index in [0.29, 0.717) is 11.4 Å². The van der Waals surface area contributed by atoms with Gasteiger partial charge < -0.3 is 5.11 Å². The summed E-state index contributed by atoms with van der Waals surface area (Å²) in [4.78, 5) is 12.2. The monoisotopic (exact) mass is 418 g/mol. The first-order valence-corrected chi connectivity index (χ1v) is 9.17. The Bertz CT molecular complexity index is 1090. The molecule has 4 rings (SSSR count). The minimum atomic E-state index is -1.01. The zero-order valence-electron chi connectivity index (χ0n) is 14.2. The summed E-state index contributed by atoms with van der Waals surface area (Å²) in [5, 5.41) is 14.7. The molecule has 0 amide bonds. The van der Waals surface area contributed by atoms with Gasteiger partial charge in [0, 0.05) is 15.6 Å². The van der Waals surface area contributed by atoms with Crippen molar-refractivity contribution >= 4 is 21.9 Å². The zero-order valence-corrected chi connectivity index (χ0v) is 15.8. The summed E-state index contributed by atoms with van der Waals surface area (Å²) >= 11 is 3.42. The van der Waals surface area contributed by atoms with E-state index in [1.54, 1.807) is 4.68 Å². The van der Waals surface area contributed by atoms with Crippen molar-refractivity contribution in [2.24, 2.45) is 0 Å². The Morgan fingerprint density at radius 3 is 2.00 bits per heavy atom. The number of para-hydroxylation sites is 1. The van der Waals surface area contributed by atoms with Gasteiger partial charge in [0.25, 0.3) is 0 Å². The number of nitrogens with zero attached hydrogens (tertiary/aromatic N) is 2. The van der Waals surface area contributed by atoms with Gasteiger partial charge in [0.2, 0.25) is 0 Å².